The number of ketones is 1. The Labute approximate surface area is 101 Å². The summed E-state index contributed by atoms with van der Waals surface area (Å²) in [4.78, 5) is 25.5. The number of carbonyl (C=O) groups is 2. The van der Waals surface area contributed by atoms with Crippen LogP contribution in [0.3, 0.4) is 0 Å². The zero-order valence-electron chi connectivity index (χ0n) is 10.3. The molecule has 2 rings (SSSR count). The molecule has 0 aliphatic carbocycles. The molecule has 1 fully saturated rings. The summed E-state index contributed by atoms with van der Waals surface area (Å²) >= 11 is 0. The van der Waals surface area contributed by atoms with Crippen LogP contribution in [0, 0.1) is 12.8 Å². The third-order valence-corrected chi connectivity index (χ3v) is 3.33. The van der Waals surface area contributed by atoms with Gasteiger partial charge in [-0.2, -0.15) is 0 Å². The van der Waals surface area contributed by atoms with E-state index in [4.69, 9.17) is 0 Å². The highest BCUT2D eigenvalue weighted by molar-refractivity contribution is 5.96. The summed E-state index contributed by atoms with van der Waals surface area (Å²) in [7, 11) is 0. The van der Waals surface area contributed by atoms with Gasteiger partial charge in [0.2, 0.25) is 0 Å². The third-order valence-electron chi connectivity index (χ3n) is 3.33. The molecule has 1 saturated heterocycles. The minimum Gasteiger partial charge on any atom is -0.337 e. The molecule has 17 heavy (non-hydrogen) atoms. The van der Waals surface area contributed by atoms with Gasteiger partial charge in [0.1, 0.15) is 5.78 Å². The first-order valence-corrected chi connectivity index (χ1v) is 5.97. The van der Waals surface area contributed by atoms with Crippen LogP contribution in [0.2, 0.25) is 0 Å². The second-order valence-electron chi connectivity index (χ2n) is 4.68. The maximum atomic E-state index is 12.3. The molecular formula is C14H17NO2. The van der Waals surface area contributed by atoms with Crippen molar-refractivity contribution in [2.45, 2.75) is 20.3 Å². The summed E-state index contributed by atoms with van der Waals surface area (Å²) in [6.07, 6.45) is 0.485. The minimum absolute atomic E-state index is 0.0308. The Kier molecular flexibility index (Phi) is 3.27. The summed E-state index contributed by atoms with van der Waals surface area (Å²) in [6.45, 7) is 4.92. The molecule has 1 unspecified atom stereocenters. The standard InChI is InChI=1S/C14H17NO2/c1-10-5-3-4-6-12(10)14(17)15-8-7-13(16)11(2)9-15/h3-6,11H,7-9H2,1-2H3. The van der Waals surface area contributed by atoms with Crippen molar-refractivity contribution in [2.24, 2.45) is 5.92 Å². The van der Waals surface area contributed by atoms with Crippen LogP contribution in [-0.2, 0) is 4.79 Å². The van der Waals surface area contributed by atoms with Crippen molar-refractivity contribution in [1.82, 2.24) is 4.90 Å². The molecule has 0 N–H and O–H groups in total. The topological polar surface area (TPSA) is 37.4 Å². The molecule has 0 bridgehead atoms. The zero-order chi connectivity index (χ0) is 12.4. The Hall–Kier alpha value is -1.64. The fourth-order valence-electron chi connectivity index (χ4n) is 2.18. The van der Waals surface area contributed by atoms with Crippen molar-refractivity contribution in [3.8, 4) is 0 Å². The number of amides is 1. The van der Waals surface area contributed by atoms with E-state index in [9.17, 15) is 9.59 Å². The summed E-state index contributed by atoms with van der Waals surface area (Å²) < 4.78 is 0. The number of rotatable bonds is 1. The molecule has 0 radical (unpaired) electrons. The fourth-order valence-corrected chi connectivity index (χ4v) is 2.18. The van der Waals surface area contributed by atoms with Crippen molar-refractivity contribution >= 4 is 11.7 Å². The molecule has 1 heterocycles. The van der Waals surface area contributed by atoms with E-state index in [1.165, 1.54) is 0 Å². The van der Waals surface area contributed by atoms with Gasteiger partial charge in [-0.05, 0) is 18.6 Å². The highest BCUT2D eigenvalue weighted by Gasteiger charge is 2.27. The molecule has 3 heteroatoms. The van der Waals surface area contributed by atoms with Crippen molar-refractivity contribution in [3.63, 3.8) is 0 Å². The van der Waals surface area contributed by atoms with Gasteiger partial charge in [0, 0.05) is 31.0 Å². The lowest BCUT2D eigenvalue weighted by Crippen LogP contribution is -2.43. The van der Waals surface area contributed by atoms with Gasteiger partial charge in [0.15, 0.2) is 0 Å². The quantitative estimate of drug-likeness (QED) is 0.741. The molecule has 0 saturated carbocycles. The number of nitrogens with zero attached hydrogens (tertiary/aromatic N) is 1. The fraction of sp³-hybridized carbons (Fsp3) is 0.429. The maximum absolute atomic E-state index is 12.3. The summed E-state index contributed by atoms with van der Waals surface area (Å²) in [5.74, 6) is 0.276. The average Bonchev–Trinajstić information content (AvgIpc) is 2.32. The Morgan fingerprint density at radius 3 is 2.71 bits per heavy atom. The van der Waals surface area contributed by atoms with Crippen LogP contribution < -0.4 is 0 Å². The summed E-state index contributed by atoms with van der Waals surface area (Å²) in [6, 6.07) is 7.58. The Morgan fingerprint density at radius 2 is 2.06 bits per heavy atom. The zero-order valence-corrected chi connectivity index (χ0v) is 10.3. The van der Waals surface area contributed by atoms with Crippen molar-refractivity contribution in [2.75, 3.05) is 13.1 Å². The smallest absolute Gasteiger partial charge is 0.254 e. The van der Waals surface area contributed by atoms with Crippen LogP contribution in [0.4, 0.5) is 0 Å². The molecule has 1 aromatic rings. The highest BCUT2D eigenvalue weighted by atomic mass is 16.2. The first-order valence-electron chi connectivity index (χ1n) is 5.97. The maximum Gasteiger partial charge on any atom is 0.254 e. The molecule has 3 nitrogen and oxygen atoms in total. The predicted molar refractivity (Wildman–Crippen MR) is 65.9 cm³/mol. The monoisotopic (exact) mass is 231 g/mol. The Balaban J connectivity index is 2.16. The number of hydrogen-bond donors (Lipinski definition) is 0. The van der Waals surface area contributed by atoms with Gasteiger partial charge in [0.05, 0.1) is 0 Å². The second-order valence-corrected chi connectivity index (χ2v) is 4.68. The molecule has 90 valence electrons. The van der Waals surface area contributed by atoms with Gasteiger partial charge in [-0.15, -0.1) is 0 Å². The van der Waals surface area contributed by atoms with Crippen LogP contribution in [0.5, 0.6) is 0 Å². The number of piperidine rings is 1. The summed E-state index contributed by atoms with van der Waals surface area (Å²) in [5.41, 5.74) is 1.73. The number of aryl methyl sites for hydroxylation is 1. The van der Waals surface area contributed by atoms with Crippen molar-refractivity contribution in [1.29, 1.82) is 0 Å². The lowest BCUT2D eigenvalue weighted by Gasteiger charge is -2.30. The van der Waals surface area contributed by atoms with Crippen molar-refractivity contribution in [3.05, 3.63) is 35.4 Å². The van der Waals surface area contributed by atoms with Crippen LogP contribution in [-0.4, -0.2) is 29.7 Å². The third kappa shape index (κ3) is 2.38. The molecule has 1 atom stereocenters. The van der Waals surface area contributed by atoms with Crippen LogP contribution in [0.25, 0.3) is 0 Å². The molecule has 1 aliphatic heterocycles. The van der Waals surface area contributed by atoms with Gasteiger partial charge >= 0.3 is 0 Å². The largest absolute Gasteiger partial charge is 0.337 e. The number of carbonyl (C=O) groups excluding carboxylic acids is 2. The van der Waals surface area contributed by atoms with Gasteiger partial charge in [-0.3, -0.25) is 9.59 Å². The van der Waals surface area contributed by atoms with E-state index in [-0.39, 0.29) is 17.6 Å². The molecule has 0 aromatic heterocycles. The van der Waals surface area contributed by atoms with E-state index in [1.807, 2.05) is 38.1 Å². The summed E-state index contributed by atoms with van der Waals surface area (Å²) in [5, 5.41) is 0. The molecule has 1 aromatic carbocycles. The first-order chi connectivity index (χ1) is 8.09. The van der Waals surface area contributed by atoms with E-state index in [2.05, 4.69) is 0 Å². The predicted octanol–water partition coefficient (Wildman–Crippen LogP) is 2.05. The van der Waals surface area contributed by atoms with Crippen LogP contribution >= 0.6 is 0 Å². The lowest BCUT2D eigenvalue weighted by molar-refractivity contribution is -0.124. The van der Waals surface area contributed by atoms with Gasteiger partial charge in [-0.1, -0.05) is 25.1 Å². The average molecular weight is 231 g/mol. The van der Waals surface area contributed by atoms with E-state index >= 15 is 0 Å². The number of Topliss-reactive ketones (excluding diaryl/α,β-unsaturated/α-hetero) is 1. The second kappa shape index (κ2) is 4.70. The molecule has 0 spiro atoms. The van der Waals surface area contributed by atoms with Crippen LogP contribution in [0.1, 0.15) is 29.3 Å². The minimum atomic E-state index is -0.0308. The number of likely N-dealkylation sites (tertiary alicyclic amines) is 1. The van der Waals surface area contributed by atoms with E-state index in [1.54, 1.807) is 4.90 Å². The van der Waals surface area contributed by atoms with E-state index < -0.39 is 0 Å². The van der Waals surface area contributed by atoms with Gasteiger partial charge in [-0.25, -0.2) is 0 Å². The molecular weight excluding hydrogens is 214 g/mol. The van der Waals surface area contributed by atoms with Crippen LogP contribution in [0.15, 0.2) is 24.3 Å². The lowest BCUT2D eigenvalue weighted by atomic mass is 9.97. The van der Waals surface area contributed by atoms with Crippen molar-refractivity contribution < 1.29 is 9.59 Å². The van der Waals surface area contributed by atoms with E-state index in [0.717, 1.165) is 11.1 Å². The molecule has 1 aliphatic rings. The first kappa shape index (κ1) is 11.8. The SMILES string of the molecule is Cc1ccccc1C(=O)N1CCC(=O)C(C)C1. The van der Waals surface area contributed by atoms with Gasteiger partial charge in [0.25, 0.3) is 5.91 Å². The normalized spacial score (nSPS) is 20.5. The highest BCUT2D eigenvalue weighted by Crippen LogP contribution is 2.17. The van der Waals surface area contributed by atoms with E-state index in [0.29, 0.717) is 19.5 Å². The van der Waals surface area contributed by atoms with Gasteiger partial charge < -0.3 is 4.90 Å². The number of hydrogen-bond acceptors (Lipinski definition) is 2. The Morgan fingerprint density at radius 1 is 1.35 bits per heavy atom. The Bertz CT molecular complexity index is 453. The molecule has 1 amide bonds. The number of benzene rings is 1.